The van der Waals surface area contributed by atoms with Gasteiger partial charge in [0.1, 0.15) is 17.9 Å². The molecule has 0 bridgehead atoms. The summed E-state index contributed by atoms with van der Waals surface area (Å²) in [6, 6.07) is 14.7. The lowest BCUT2D eigenvalue weighted by Gasteiger charge is -2.25. The van der Waals surface area contributed by atoms with E-state index in [4.69, 9.17) is 4.74 Å². The third-order valence-corrected chi connectivity index (χ3v) is 5.51. The number of H-pyrrole nitrogens is 1. The van der Waals surface area contributed by atoms with E-state index >= 15 is 0 Å². The molecule has 1 N–H and O–H groups in total. The highest BCUT2D eigenvalue weighted by molar-refractivity contribution is 5.80. The second-order valence-corrected chi connectivity index (χ2v) is 7.67. The molecule has 1 aliphatic rings. The number of nitrogens with zero attached hydrogens (tertiary/aromatic N) is 5. The fraction of sp³-hybridized carbons (Fsp3) is 0.318. The van der Waals surface area contributed by atoms with Crippen molar-refractivity contribution in [1.82, 2.24) is 29.9 Å². The summed E-state index contributed by atoms with van der Waals surface area (Å²) < 4.78 is 7.34. The first kappa shape index (κ1) is 19.4. The first-order valence-electron chi connectivity index (χ1n) is 10.3. The van der Waals surface area contributed by atoms with Crippen molar-refractivity contribution in [3.8, 4) is 0 Å². The standard InChI is InChI=1S/C22H22N6O3/c29-21(14-28-19-10-4-3-9-18(19)25-26-28)27(12-15-6-5-11-31-15)13-20-23-17-8-2-1-7-16(17)22(30)24-20/h1-4,7-10,15H,5-6,11-14H2,(H,23,24,30)/t15-/m1/s1. The van der Waals surface area contributed by atoms with Gasteiger partial charge < -0.3 is 14.6 Å². The van der Waals surface area contributed by atoms with E-state index in [1.54, 1.807) is 27.8 Å². The number of para-hydroxylation sites is 2. The molecule has 1 fully saturated rings. The van der Waals surface area contributed by atoms with Gasteiger partial charge in [-0.2, -0.15) is 0 Å². The predicted molar refractivity (Wildman–Crippen MR) is 114 cm³/mol. The minimum absolute atomic E-state index is 0.0244. The van der Waals surface area contributed by atoms with Crippen LogP contribution >= 0.6 is 0 Å². The third-order valence-electron chi connectivity index (χ3n) is 5.51. The van der Waals surface area contributed by atoms with E-state index in [0.29, 0.717) is 29.9 Å². The quantitative estimate of drug-likeness (QED) is 0.512. The van der Waals surface area contributed by atoms with Crippen molar-refractivity contribution in [2.75, 3.05) is 13.2 Å². The fourth-order valence-electron chi connectivity index (χ4n) is 3.94. The van der Waals surface area contributed by atoms with Crippen molar-refractivity contribution >= 4 is 27.8 Å². The number of ether oxygens (including phenoxy) is 1. The number of carbonyl (C=O) groups is 1. The first-order chi connectivity index (χ1) is 15.2. The van der Waals surface area contributed by atoms with Crippen molar-refractivity contribution in [2.24, 2.45) is 0 Å². The van der Waals surface area contributed by atoms with E-state index in [1.165, 1.54) is 0 Å². The number of aromatic nitrogens is 5. The van der Waals surface area contributed by atoms with Crippen molar-refractivity contribution < 1.29 is 9.53 Å². The molecule has 158 valence electrons. The molecule has 0 spiro atoms. The van der Waals surface area contributed by atoms with Gasteiger partial charge in [-0.05, 0) is 37.1 Å². The van der Waals surface area contributed by atoms with Crippen molar-refractivity contribution in [1.29, 1.82) is 0 Å². The molecule has 9 nitrogen and oxygen atoms in total. The third kappa shape index (κ3) is 4.04. The molecule has 9 heteroatoms. The molecule has 3 heterocycles. The minimum Gasteiger partial charge on any atom is -0.376 e. The Morgan fingerprint density at radius 1 is 1.16 bits per heavy atom. The summed E-state index contributed by atoms with van der Waals surface area (Å²) in [4.78, 5) is 34.8. The molecular formula is C22H22N6O3. The molecule has 4 aromatic rings. The Morgan fingerprint density at radius 3 is 2.81 bits per heavy atom. The topological polar surface area (TPSA) is 106 Å². The number of carbonyl (C=O) groups excluding carboxylic acids is 1. The molecule has 0 saturated carbocycles. The second kappa shape index (κ2) is 8.27. The van der Waals surface area contributed by atoms with Gasteiger partial charge in [-0.15, -0.1) is 5.10 Å². The Hall–Kier alpha value is -3.59. The number of hydrogen-bond acceptors (Lipinski definition) is 6. The van der Waals surface area contributed by atoms with Crippen LogP contribution < -0.4 is 5.56 Å². The molecule has 5 rings (SSSR count). The molecule has 1 amide bonds. The largest absolute Gasteiger partial charge is 0.376 e. The number of hydrogen-bond donors (Lipinski definition) is 1. The molecule has 31 heavy (non-hydrogen) atoms. The smallest absolute Gasteiger partial charge is 0.258 e. The summed E-state index contributed by atoms with van der Waals surface area (Å²) in [6.45, 7) is 1.36. The minimum atomic E-state index is -0.215. The van der Waals surface area contributed by atoms with Crippen LogP contribution in [0.4, 0.5) is 0 Å². The lowest BCUT2D eigenvalue weighted by atomic mass is 10.2. The van der Waals surface area contributed by atoms with Gasteiger partial charge in [-0.3, -0.25) is 9.59 Å². The first-order valence-corrected chi connectivity index (χ1v) is 10.3. The highest BCUT2D eigenvalue weighted by Crippen LogP contribution is 2.16. The number of amides is 1. The van der Waals surface area contributed by atoms with Gasteiger partial charge in [0.25, 0.3) is 5.56 Å². The molecule has 1 saturated heterocycles. The average molecular weight is 418 g/mol. The van der Waals surface area contributed by atoms with E-state index in [9.17, 15) is 9.59 Å². The SMILES string of the molecule is O=C(Cn1nnc2ccccc21)N(Cc1nc2ccccc2c(=O)[nH]1)C[C@H]1CCCO1. The fourth-order valence-corrected chi connectivity index (χ4v) is 3.94. The van der Waals surface area contributed by atoms with Crippen molar-refractivity contribution in [3.05, 3.63) is 64.7 Å². The maximum atomic E-state index is 13.3. The van der Waals surface area contributed by atoms with E-state index in [-0.39, 0.29) is 30.7 Å². The van der Waals surface area contributed by atoms with E-state index < -0.39 is 0 Å². The number of nitrogens with one attached hydrogen (secondary N) is 1. The Labute approximate surface area is 177 Å². The van der Waals surface area contributed by atoms with Gasteiger partial charge in [0, 0.05) is 13.2 Å². The van der Waals surface area contributed by atoms with Crippen LogP contribution in [0.15, 0.2) is 53.3 Å². The molecular weight excluding hydrogens is 396 g/mol. The van der Waals surface area contributed by atoms with Gasteiger partial charge in [-0.1, -0.05) is 29.5 Å². The number of aromatic amines is 1. The van der Waals surface area contributed by atoms with Crippen LogP contribution in [0.3, 0.4) is 0 Å². The van der Waals surface area contributed by atoms with E-state index in [0.717, 1.165) is 23.9 Å². The zero-order valence-corrected chi connectivity index (χ0v) is 16.9. The highest BCUT2D eigenvalue weighted by atomic mass is 16.5. The van der Waals surface area contributed by atoms with Crippen molar-refractivity contribution in [3.63, 3.8) is 0 Å². The Kier molecular flexibility index (Phi) is 5.17. The van der Waals surface area contributed by atoms with E-state index in [2.05, 4.69) is 20.3 Å². The summed E-state index contributed by atoms with van der Waals surface area (Å²) in [7, 11) is 0. The van der Waals surface area contributed by atoms with Crippen LogP contribution in [0.2, 0.25) is 0 Å². The molecule has 2 aromatic carbocycles. The molecule has 0 aliphatic carbocycles. The Bertz CT molecular complexity index is 1290. The lowest BCUT2D eigenvalue weighted by Crippen LogP contribution is -2.39. The van der Waals surface area contributed by atoms with E-state index in [1.807, 2.05) is 30.3 Å². The molecule has 2 aromatic heterocycles. The Morgan fingerprint density at radius 2 is 1.97 bits per heavy atom. The van der Waals surface area contributed by atoms with Crippen LogP contribution in [-0.2, 0) is 22.6 Å². The summed E-state index contributed by atoms with van der Waals surface area (Å²) in [6.07, 6.45) is 1.85. The normalized spacial score (nSPS) is 16.2. The van der Waals surface area contributed by atoms with Gasteiger partial charge in [0.05, 0.1) is 29.1 Å². The zero-order valence-electron chi connectivity index (χ0n) is 16.9. The Balaban J connectivity index is 1.42. The number of benzene rings is 2. The summed E-state index contributed by atoms with van der Waals surface area (Å²) in [5.74, 6) is 0.306. The average Bonchev–Trinajstić information content (AvgIpc) is 3.44. The molecule has 0 radical (unpaired) electrons. The van der Waals surface area contributed by atoms with Gasteiger partial charge in [0.2, 0.25) is 5.91 Å². The molecule has 1 atom stereocenters. The van der Waals surface area contributed by atoms with Crippen LogP contribution in [0.25, 0.3) is 21.9 Å². The van der Waals surface area contributed by atoms with Crippen molar-refractivity contribution in [2.45, 2.75) is 32.0 Å². The number of rotatable bonds is 6. The summed E-state index contributed by atoms with van der Waals surface area (Å²) in [5.41, 5.74) is 1.92. The summed E-state index contributed by atoms with van der Waals surface area (Å²) >= 11 is 0. The van der Waals surface area contributed by atoms with Crippen LogP contribution in [0, 0.1) is 0 Å². The lowest BCUT2D eigenvalue weighted by molar-refractivity contribution is -0.134. The van der Waals surface area contributed by atoms with Crippen LogP contribution in [0.5, 0.6) is 0 Å². The van der Waals surface area contributed by atoms with Gasteiger partial charge in [0.15, 0.2) is 0 Å². The number of fused-ring (bicyclic) bond motifs is 2. The zero-order chi connectivity index (χ0) is 21.2. The monoisotopic (exact) mass is 418 g/mol. The highest BCUT2D eigenvalue weighted by Gasteiger charge is 2.24. The predicted octanol–water partition coefficient (Wildman–Crippen LogP) is 1.88. The molecule has 0 unspecified atom stereocenters. The second-order valence-electron chi connectivity index (χ2n) is 7.67. The van der Waals surface area contributed by atoms with Gasteiger partial charge >= 0.3 is 0 Å². The van der Waals surface area contributed by atoms with Gasteiger partial charge in [-0.25, -0.2) is 9.67 Å². The maximum absolute atomic E-state index is 13.3. The summed E-state index contributed by atoms with van der Waals surface area (Å²) in [5, 5.41) is 8.77. The van der Waals surface area contributed by atoms with Crippen LogP contribution in [0.1, 0.15) is 18.7 Å². The maximum Gasteiger partial charge on any atom is 0.258 e. The molecule has 1 aliphatic heterocycles. The van der Waals surface area contributed by atoms with Crippen LogP contribution in [-0.4, -0.2) is 55.0 Å².